The van der Waals surface area contributed by atoms with Crippen LogP contribution in [-0.2, 0) is 0 Å². The summed E-state index contributed by atoms with van der Waals surface area (Å²) in [5.74, 6) is 1.39. The van der Waals surface area contributed by atoms with Gasteiger partial charge in [-0.3, -0.25) is 0 Å². The van der Waals surface area contributed by atoms with E-state index in [0.717, 1.165) is 56.9 Å². The van der Waals surface area contributed by atoms with Crippen LogP contribution in [0.2, 0.25) is 5.02 Å². The molecule has 0 saturated carbocycles. The van der Waals surface area contributed by atoms with E-state index in [-0.39, 0.29) is 5.41 Å². The van der Waals surface area contributed by atoms with E-state index >= 15 is 0 Å². The van der Waals surface area contributed by atoms with Gasteiger partial charge in [0.25, 0.3) is 0 Å². The van der Waals surface area contributed by atoms with Gasteiger partial charge in [-0.05, 0) is 62.0 Å². The average molecular weight is 468 g/mol. The number of aliphatic hydroxyl groups is 1. The van der Waals surface area contributed by atoms with Crippen LogP contribution in [0.1, 0.15) is 36.5 Å². The molecule has 1 N–H and O–H groups in total. The lowest BCUT2D eigenvalue weighted by Crippen LogP contribution is -2.43. The van der Waals surface area contributed by atoms with Gasteiger partial charge in [0.05, 0.1) is 18.8 Å². The molecule has 0 bridgehead atoms. The van der Waals surface area contributed by atoms with Gasteiger partial charge in [-0.15, -0.1) is 15.3 Å². The number of aliphatic hydroxyl groups excluding tert-OH is 1. The van der Waals surface area contributed by atoms with Crippen LogP contribution >= 0.6 is 11.6 Å². The van der Waals surface area contributed by atoms with Crippen molar-refractivity contribution in [2.75, 3.05) is 44.7 Å². The molecule has 9 nitrogen and oxygen atoms in total. The Bertz CT molecular complexity index is 1200. The Kier molecular flexibility index (Phi) is 5.83. The number of anilines is 1. The molecule has 5 rings (SSSR count). The Hall–Kier alpha value is -2.93. The van der Waals surface area contributed by atoms with Gasteiger partial charge in [-0.2, -0.15) is 9.78 Å². The van der Waals surface area contributed by atoms with Gasteiger partial charge in [-0.1, -0.05) is 11.6 Å². The summed E-state index contributed by atoms with van der Waals surface area (Å²) in [4.78, 5) is 4.65. The van der Waals surface area contributed by atoms with Crippen molar-refractivity contribution in [1.82, 2.24) is 24.7 Å². The molecule has 2 aliphatic heterocycles. The number of ether oxygens (including phenoxy) is 1. The highest BCUT2D eigenvalue weighted by Gasteiger charge is 2.41. The zero-order chi connectivity index (χ0) is 23.0. The van der Waals surface area contributed by atoms with Gasteiger partial charge in [0, 0.05) is 30.2 Å². The van der Waals surface area contributed by atoms with Gasteiger partial charge in [-0.25, -0.2) is 0 Å². The third-order valence-electron chi connectivity index (χ3n) is 7.06. The van der Waals surface area contributed by atoms with Crippen LogP contribution < -0.4 is 9.64 Å². The number of nitrogens with zero attached hydrogens (tertiary/aromatic N) is 7. The van der Waals surface area contributed by atoms with Gasteiger partial charge >= 0.3 is 0 Å². The summed E-state index contributed by atoms with van der Waals surface area (Å²) in [5.41, 5.74) is 1.98. The minimum absolute atomic E-state index is 0.278. The molecule has 10 heteroatoms. The van der Waals surface area contributed by atoms with E-state index in [9.17, 15) is 10.4 Å². The van der Waals surface area contributed by atoms with E-state index < -0.39 is 6.10 Å². The van der Waals surface area contributed by atoms with Gasteiger partial charge in [0.1, 0.15) is 24.0 Å². The molecule has 33 heavy (non-hydrogen) atoms. The van der Waals surface area contributed by atoms with Crippen LogP contribution in [-0.4, -0.2) is 69.7 Å². The van der Waals surface area contributed by atoms with E-state index in [0.29, 0.717) is 28.4 Å². The van der Waals surface area contributed by atoms with Crippen molar-refractivity contribution < 1.29 is 9.84 Å². The molecule has 0 aliphatic carbocycles. The van der Waals surface area contributed by atoms with E-state index in [1.165, 1.54) is 7.11 Å². The first-order valence-corrected chi connectivity index (χ1v) is 11.5. The Labute approximate surface area is 197 Å². The molecule has 2 fully saturated rings. The highest BCUT2D eigenvalue weighted by Crippen LogP contribution is 2.42. The molecule has 1 atom stereocenters. The number of hydrogen-bond donors (Lipinski definition) is 1. The summed E-state index contributed by atoms with van der Waals surface area (Å²) in [6.45, 7) is 4.33. The second kappa shape index (κ2) is 8.78. The number of halogens is 1. The van der Waals surface area contributed by atoms with Crippen LogP contribution in [0.25, 0.3) is 5.65 Å². The number of aromatic nitrogens is 4. The second-order valence-electron chi connectivity index (χ2n) is 9.00. The molecule has 4 heterocycles. The standard InChI is InChI=1S/C23H26ClN7O2/c1-33-20-11-17(18(24)10-16(20)12-25)19(32)13-29-7-4-23(5-8-29)6-9-30(14-23)22-3-2-21-27-26-15-31(21)28-22/h2-3,10-11,15,19,32H,4-9,13-14H2,1H3. The zero-order valence-corrected chi connectivity index (χ0v) is 19.2. The van der Waals surface area contributed by atoms with Crippen molar-refractivity contribution in [3.05, 3.63) is 46.7 Å². The van der Waals surface area contributed by atoms with Crippen LogP contribution in [0, 0.1) is 16.7 Å². The Morgan fingerprint density at radius 1 is 1.24 bits per heavy atom. The molecule has 0 amide bonds. The third-order valence-corrected chi connectivity index (χ3v) is 7.38. The van der Waals surface area contributed by atoms with Gasteiger partial charge in [0.2, 0.25) is 0 Å². The topological polar surface area (TPSA) is 103 Å². The predicted octanol–water partition coefficient (Wildman–Crippen LogP) is 2.68. The maximum Gasteiger partial charge on any atom is 0.177 e. The molecule has 1 aromatic carbocycles. The number of β-amino-alcohol motifs (C(OH)–C–C–N with tert-alkyl or cyclic N) is 1. The molecular weight excluding hydrogens is 442 g/mol. The minimum atomic E-state index is -0.743. The molecule has 2 saturated heterocycles. The number of hydrogen-bond acceptors (Lipinski definition) is 8. The fourth-order valence-corrected chi connectivity index (χ4v) is 5.35. The maximum absolute atomic E-state index is 10.9. The number of methoxy groups -OCH3 is 1. The van der Waals surface area contributed by atoms with E-state index in [1.54, 1.807) is 23.0 Å². The summed E-state index contributed by atoms with van der Waals surface area (Å²) in [6, 6.07) is 9.27. The molecule has 2 aromatic heterocycles. The monoisotopic (exact) mass is 467 g/mol. The van der Waals surface area contributed by atoms with Crippen LogP contribution in [0.5, 0.6) is 5.75 Å². The van der Waals surface area contributed by atoms with E-state index in [4.69, 9.17) is 16.3 Å². The summed E-state index contributed by atoms with van der Waals surface area (Å²) in [7, 11) is 1.51. The second-order valence-corrected chi connectivity index (χ2v) is 9.41. The third kappa shape index (κ3) is 4.22. The number of benzene rings is 1. The Balaban J connectivity index is 1.20. The number of fused-ring (bicyclic) bond motifs is 1. The Morgan fingerprint density at radius 3 is 2.79 bits per heavy atom. The zero-order valence-electron chi connectivity index (χ0n) is 18.5. The molecule has 1 unspecified atom stereocenters. The van der Waals surface area contributed by atoms with Crippen molar-refractivity contribution in [2.45, 2.75) is 25.4 Å². The number of nitriles is 1. The normalized spacial score (nSPS) is 19.2. The summed E-state index contributed by atoms with van der Waals surface area (Å²) < 4.78 is 6.99. The van der Waals surface area contributed by atoms with Crippen LogP contribution in [0.3, 0.4) is 0 Å². The van der Waals surface area contributed by atoms with Gasteiger partial charge < -0.3 is 19.6 Å². The molecule has 1 spiro atoms. The number of piperidine rings is 1. The van der Waals surface area contributed by atoms with Crippen LogP contribution in [0.4, 0.5) is 5.82 Å². The lowest BCUT2D eigenvalue weighted by atomic mass is 9.77. The first-order chi connectivity index (χ1) is 16.0. The largest absolute Gasteiger partial charge is 0.495 e. The number of rotatable bonds is 5. The van der Waals surface area contributed by atoms with E-state index in [2.05, 4.69) is 31.2 Å². The molecule has 2 aliphatic rings. The number of likely N-dealkylation sites (tertiary alicyclic amines) is 1. The maximum atomic E-state index is 10.9. The Morgan fingerprint density at radius 2 is 2.03 bits per heavy atom. The molecule has 3 aromatic rings. The summed E-state index contributed by atoms with van der Waals surface area (Å²) >= 11 is 6.35. The van der Waals surface area contributed by atoms with Crippen molar-refractivity contribution >= 4 is 23.1 Å². The first-order valence-electron chi connectivity index (χ1n) is 11.1. The minimum Gasteiger partial charge on any atom is -0.495 e. The average Bonchev–Trinajstić information content (AvgIpc) is 3.47. The fraction of sp³-hybridized carbons (Fsp3) is 0.478. The quantitative estimate of drug-likeness (QED) is 0.611. The SMILES string of the molecule is COc1cc(C(O)CN2CCC3(CC2)CCN(c2ccc4nncn4n2)C3)c(Cl)cc1C#N. The van der Waals surface area contributed by atoms with E-state index in [1.807, 2.05) is 12.1 Å². The summed E-state index contributed by atoms with van der Waals surface area (Å²) in [6.07, 6.45) is 4.19. The molecule has 0 radical (unpaired) electrons. The highest BCUT2D eigenvalue weighted by molar-refractivity contribution is 6.31. The lowest BCUT2D eigenvalue weighted by Gasteiger charge is -2.40. The van der Waals surface area contributed by atoms with Crippen LogP contribution in [0.15, 0.2) is 30.6 Å². The van der Waals surface area contributed by atoms with Crippen molar-refractivity contribution in [3.8, 4) is 11.8 Å². The fourth-order valence-electron chi connectivity index (χ4n) is 5.06. The smallest absolute Gasteiger partial charge is 0.177 e. The van der Waals surface area contributed by atoms with Crippen molar-refractivity contribution in [3.63, 3.8) is 0 Å². The summed E-state index contributed by atoms with van der Waals surface area (Å²) in [5, 5.41) is 33.0. The molecular formula is C23H26ClN7O2. The first kappa shape index (κ1) is 21.9. The van der Waals surface area contributed by atoms with Gasteiger partial charge in [0.15, 0.2) is 5.65 Å². The highest BCUT2D eigenvalue weighted by atomic mass is 35.5. The lowest BCUT2D eigenvalue weighted by molar-refractivity contribution is 0.0651. The van der Waals surface area contributed by atoms with Crippen molar-refractivity contribution in [2.24, 2.45) is 5.41 Å². The predicted molar refractivity (Wildman–Crippen MR) is 123 cm³/mol. The van der Waals surface area contributed by atoms with Crippen molar-refractivity contribution in [1.29, 1.82) is 5.26 Å². The molecule has 172 valence electrons.